The van der Waals surface area contributed by atoms with E-state index in [4.69, 9.17) is 0 Å². The minimum atomic E-state index is -1.43. The van der Waals surface area contributed by atoms with Gasteiger partial charge in [0.1, 0.15) is 17.3 Å². The summed E-state index contributed by atoms with van der Waals surface area (Å²) in [4.78, 5) is 36.7. The first kappa shape index (κ1) is 17.5. The predicted molar refractivity (Wildman–Crippen MR) is 87.2 cm³/mol. The van der Waals surface area contributed by atoms with E-state index in [1.165, 1.54) is 20.8 Å². The minimum absolute atomic E-state index is 0.162. The van der Waals surface area contributed by atoms with E-state index in [9.17, 15) is 19.5 Å². The molecule has 124 valence electrons. The summed E-state index contributed by atoms with van der Waals surface area (Å²) in [5.41, 5.74) is 0.473. The smallest absolute Gasteiger partial charge is 0.146 e. The number of hydrogen-bond donors (Lipinski definition) is 1. The number of rotatable bonds is 4. The molecule has 0 heterocycles. The normalized spacial score (nSPS) is 31.0. The molecule has 4 heteroatoms. The van der Waals surface area contributed by atoms with Gasteiger partial charge in [0.15, 0.2) is 0 Å². The average molecular weight is 316 g/mol. The van der Waals surface area contributed by atoms with Crippen LogP contribution in [0.5, 0.6) is 0 Å². The van der Waals surface area contributed by atoms with Crippen LogP contribution in [0.15, 0.2) is 24.3 Å². The first-order valence-electron chi connectivity index (χ1n) is 8.04. The Balaban J connectivity index is 2.58. The van der Waals surface area contributed by atoms with E-state index in [0.29, 0.717) is 0 Å². The second kappa shape index (κ2) is 6.36. The molecule has 1 aromatic rings. The van der Waals surface area contributed by atoms with Gasteiger partial charge in [-0.25, -0.2) is 0 Å². The van der Waals surface area contributed by atoms with Gasteiger partial charge in [-0.3, -0.25) is 14.4 Å². The molecular weight excluding hydrogens is 292 g/mol. The van der Waals surface area contributed by atoms with Gasteiger partial charge in [-0.2, -0.15) is 0 Å². The van der Waals surface area contributed by atoms with Crippen LogP contribution >= 0.6 is 0 Å². The molecule has 0 bridgehead atoms. The maximum atomic E-state index is 12.4. The largest absolute Gasteiger partial charge is 0.389 e. The molecule has 0 saturated heterocycles. The molecule has 1 aliphatic rings. The summed E-state index contributed by atoms with van der Waals surface area (Å²) in [5.74, 6) is -2.96. The molecule has 0 unspecified atom stereocenters. The maximum Gasteiger partial charge on any atom is 0.146 e. The van der Waals surface area contributed by atoms with Gasteiger partial charge in [-0.1, -0.05) is 31.2 Å². The summed E-state index contributed by atoms with van der Waals surface area (Å²) in [6.45, 7) is 6.36. The number of Topliss-reactive ketones (excluding diaryl/α,β-unsaturated/α-hetero) is 3. The Labute approximate surface area is 136 Å². The van der Waals surface area contributed by atoms with E-state index in [1.807, 2.05) is 31.2 Å². The Bertz CT molecular complexity index is 627. The molecule has 0 aliphatic heterocycles. The molecule has 0 radical (unpaired) electrons. The van der Waals surface area contributed by atoms with Gasteiger partial charge in [0.05, 0.1) is 17.4 Å². The Morgan fingerprint density at radius 3 is 2.17 bits per heavy atom. The van der Waals surface area contributed by atoms with Crippen LogP contribution in [0.25, 0.3) is 0 Å². The van der Waals surface area contributed by atoms with Gasteiger partial charge < -0.3 is 5.11 Å². The van der Waals surface area contributed by atoms with Crippen molar-refractivity contribution in [2.24, 2.45) is 11.8 Å². The highest BCUT2D eigenvalue weighted by molar-refractivity contribution is 6.05. The molecule has 2 rings (SSSR count). The van der Waals surface area contributed by atoms with Gasteiger partial charge in [-0.05, 0) is 38.3 Å². The Morgan fingerprint density at radius 1 is 1.17 bits per heavy atom. The van der Waals surface area contributed by atoms with Crippen LogP contribution in [0.3, 0.4) is 0 Å². The van der Waals surface area contributed by atoms with E-state index in [0.717, 1.165) is 17.5 Å². The zero-order valence-corrected chi connectivity index (χ0v) is 14.1. The lowest BCUT2D eigenvalue weighted by atomic mass is 9.60. The number of carbonyl (C=O) groups excluding carboxylic acids is 3. The van der Waals surface area contributed by atoms with E-state index in [-0.39, 0.29) is 23.8 Å². The average Bonchev–Trinajstić information content (AvgIpc) is 2.44. The van der Waals surface area contributed by atoms with Crippen LogP contribution < -0.4 is 0 Å². The number of aliphatic hydroxyl groups is 1. The predicted octanol–water partition coefficient (Wildman–Crippen LogP) is 2.47. The van der Waals surface area contributed by atoms with Crippen LogP contribution in [-0.4, -0.2) is 28.1 Å². The van der Waals surface area contributed by atoms with Crippen molar-refractivity contribution in [3.05, 3.63) is 35.4 Å². The lowest BCUT2D eigenvalue weighted by Gasteiger charge is -2.44. The summed E-state index contributed by atoms with van der Waals surface area (Å²) in [6, 6.07) is 7.61. The Morgan fingerprint density at radius 2 is 1.74 bits per heavy atom. The van der Waals surface area contributed by atoms with E-state index < -0.39 is 23.4 Å². The fraction of sp³-hybridized carbons (Fsp3) is 0.526. The van der Waals surface area contributed by atoms with Crippen molar-refractivity contribution in [2.45, 2.75) is 52.1 Å². The molecule has 1 aliphatic carbocycles. The highest BCUT2D eigenvalue weighted by Crippen LogP contribution is 2.46. The van der Waals surface area contributed by atoms with Crippen molar-refractivity contribution >= 4 is 17.3 Å². The third kappa shape index (κ3) is 3.27. The van der Waals surface area contributed by atoms with Crippen molar-refractivity contribution in [3.8, 4) is 0 Å². The summed E-state index contributed by atoms with van der Waals surface area (Å²) >= 11 is 0. The van der Waals surface area contributed by atoms with Crippen LogP contribution in [0.2, 0.25) is 0 Å². The van der Waals surface area contributed by atoms with Crippen molar-refractivity contribution in [1.82, 2.24) is 0 Å². The molecule has 0 aromatic heterocycles. The molecule has 0 amide bonds. The monoisotopic (exact) mass is 316 g/mol. The van der Waals surface area contributed by atoms with E-state index in [2.05, 4.69) is 0 Å². The fourth-order valence-corrected chi connectivity index (χ4v) is 3.88. The first-order valence-corrected chi connectivity index (χ1v) is 8.04. The number of carbonyl (C=O) groups is 3. The lowest BCUT2D eigenvalue weighted by Crippen LogP contribution is -2.53. The molecule has 4 nitrogen and oxygen atoms in total. The summed E-state index contributed by atoms with van der Waals surface area (Å²) in [6.07, 6.45) is 0.721. The molecule has 0 spiro atoms. The standard InChI is InChI=1S/C19H24O4/c1-5-13-6-8-14(9-7-13)17-16(11(2)20)15(22)10-19(4,23)18(17)12(3)21/h6-9,16-18,23H,5,10H2,1-4H3/t16-,17-,18+,19-/m1/s1. The van der Waals surface area contributed by atoms with E-state index >= 15 is 0 Å². The highest BCUT2D eigenvalue weighted by atomic mass is 16.3. The second-order valence-corrected chi connectivity index (χ2v) is 6.80. The maximum absolute atomic E-state index is 12.4. The molecule has 1 N–H and O–H groups in total. The molecule has 1 fully saturated rings. The van der Waals surface area contributed by atoms with Crippen LogP contribution in [0.1, 0.15) is 51.2 Å². The number of ketones is 3. The second-order valence-electron chi connectivity index (χ2n) is 6.80. The first-order chi connectivity index (χ1) is 10.7. The Kier molecular flexibility index (Phi) is 4.85. The van der Waals surface area contributed by atoms with Gasteiger partial charge in [-0.15, -0.1) is 0 Å². The van der Waals surface area contributed by atoms with Crippen LogP contribution in [0, 0.1) is 11.8 Å². The third-order valence-electron chi connectivity index (χ3n) is 4.92. The quantitative estimate of drug-likeness (QED) is 0.866. The summed E-state index contributed by atoms with van der Waals surface area (Å²) < 4.78 is 0. The van der Waals surface area contributed by atoms with Gasteiger partial charge in [0.25, 0.3) is 0 Å². The Hall–Kier alpha value is -1.81. The number of aryl methyl sites for hydroxylation is 1. The molecule has 23 heavy (non-hydrogen) atoms. The van der Waals surface area contributed by atoms with Crippen molar-refractivity contribution < 1.29 is 19.5 Å². The van der Waals surface area contributed by atoms with Crippen LogP contribution in [0.4, 0.5) is 0 Å². The van der Waals surface area contributed by atoms with Gasteiger partial charge in [0.2, 0.25) is 0 Å². The molecule has 1 aromatic carbocycles. The molecule has 1 saturated carbocycles. The topological polar surface area (TPSA) is 71.4 Å². The van der Waals surface area contributed by atoms with Gasteiger partial charge >= 0.3 is 0 Å². The SMILES string of the molecule is CCc1ccc([C@@H]2[C@H](C(C)=O)C(=O)C[C@@](C)(O)[C@H]2C(C)=O)cc1. The molecular formula is C19H24O4. The third-order valence-corrected chi connectivity index (χ3v) is 4.92. The zero-order chi connectivity index (χ0) is 17.4. The molecule has 4 atom stereocenters. The summed E-state index contributed by atoms with van der Waals surface area (Å²) in [7, 11) is 0. The van der Waals surface area contributed by atoms with Gasteiger partial charge in [0, 0.05) is 12.3 Å². The zero-order valence-electron chi connectivity index (χ0n) is 14.1. The number of benzene rings is 1. The lowest BCUT2D eigenvalue weighted by molar-refractivity contribution is -0.151. The minimum Gasteiger partial charge on any atom is -0.389 e. The fourth-order valence-electron chi connectivity index (χ4n) is 3.88. The summed E-state index contributed by atoms with van der Waals surface area (Å²) in [5, 5.41) is 10.7. The van der Waals surface area contributed by atoms with Crippen molar-refractivity contribution in [2.75, 3.05) is 0 Å². The van der Waals surface area contributed by atoms with E-state index in [1.54, 1.807) is 0 Å². The number of hydrogen-bond acceptors (Lipinski definition) is 4. The van der Waals surface area contributed by atoms with Crippen LogP contribution in [-0.2, 0) is 20.8 Å². The highest BCUT2D eigenvalue weighted by Gasteiger charge is 2.53. The van der Waals surface area contributed by atoms with Crippen molar-refractivity contribution in [3.63, 3.8) is 0 Å². The van der Waals surface area contributed by atoms with Crippen molar-refractivity contribution in [1.29, 1.82) is 0 Å².